The quantitative estimate of drug-likeness (QED) is 0.552. The van der Waals surface area contributed by atoms with Crippen LogP contribution in [0.15, 0.2) is 24.3 Å². The third-order valence-corrected chi connectivity index (χ3v) is 10.8. The van der Waals surface area contributed by atoms with Crippen molar-refractivity contribution in [3.05, 3.63) is 34.9 Å². The first kappa shape index (κ1) is 23.4. The molecule has 1 aromatic carbocycles. The van der Waals surface area contributed by atoms with Gasteiger partial charge in [0.1, 0.15) is 12.2 Å². The Morgan fingerprint density at radius 1 is 1.00 bits per heavy atom. The lowest BCUT2D eigenvalue weighted by Gasteiger charge is -2.61. The van der Waals surface area contributed by atoms with Crippen LogP contribution in [0.25, 0.3) is 0 Å². The maximum absolute atomic E-state index is 12.5. The molecule has 33 heavy (non-hydrogen) atoms. The minimum Gasteiger partial charge on any atom is -0.389 e. The van der Waals surface area contributed by atoms with Crippen LogP contribution in [0, 0.1) is 52.3 Å². The zero-order valence-electron chi connectivity index (χ0n) is 19.9. The second kappa shape index (κ2) is 8.40. The van der Waals surface area contributed by atoms with E-state index in [0.29, 0.717) is 28.7 Å². The van der Waals surface area contributed by atoms with Crippen LogP contribution in [0.2, 0.25) is 5.02 Å². The lowest BCUT2D eigenvalue weighted by atomic mass is 9.44. The molecule has 4 saturated carbocycles. The number of Topliss-reactive ketones (excluding diaryl/α,β-unsaturated/α-hetero) is 1. The van der Waals surface area contributed by atoms with E-state index in [1.807, 2.05) is 24.3 Å². The van der Waals surface area contributed by atoms with Crippen LogP contribution in [0.3, 0.4) is 0 Å². The smallest absolute Gasteiger partial charge is 0.161 e. The van der Waals surface area contributed by atoms with E-state index in [1.165, 1.54) is 12.8 Å². The lowest BCUT2D eigenvalue weighted by Crippen LogP contribution is -2.56. The molecular weight excluding hydrogens is 432 g/mol. The Kier molecular flexibility index (Phi) is 5.96. The molecule has 8 atom stereocenters. The summed E-state index contributed by atoms with van der Waals surface area (Å²) in [6.45, 7) is 4.50. The van der Waals surface area contributed by atoms with Gasteiger partial charge >= 0.3 is 0 Å². The molecular formula is C29H37ClO3. The molecule has 0 bridgehead atoms. The number of rotatable bonds is 2. The molecule has 1 aromatic rings. The number of fused-ring (bicyclic) bond motifs is 5. The summed E-state index contributed by atoms with van der Waals surface area (Å²) >= 11 is 5.98. The van der Waals surface area contributed by atoms with Crippen LogP contribution in [0.1, 0.15) is 77.2 Å². The molecule has 4 fully saturated rings. The number of aliphatic hydroxyl groups excluding tert-OH is 1. The van der Waals surface area contributed by atoms with Crippen LogP contribution in [-0.4, -0.2) is 28.2 Å². The Labute approximate surface area is 203 Å². The molecule has 0 heterocycles. The lowest BCUT2D eigenvalue weighted by molar-refractivity contribution is -0.146. The monoisotopic (exact) mass is 468 g/mol. The van der Waals surface area contributed by atoms with Crippen molar-refractivity contribution in [2.45, 2.75) is 77.2 Å². The number of carbonyl (C=O) groups excluding carboxylic acids is 1. The van der Waals surface area contributed by atoms with Gasteiger partial charge in [-0.1, -0.05) is 37.3 Å². The molecule has 4 aliphatic carbocycles. The molecule has 0 unspecified atom stereocenters. The summed E-state index contributed by atoms with van der Waals surface area (Å²) in [4.78, 5) is 12.5. The third-order valence-electron chi connectivity index (χ3n) is 10.6. The Hall–Kier alpha value is -1.34. The number of hydrogen-bond acceptors (Lipinski definition) is 3. The van der Waals surface area contributed by atoms with Gasteiger partial charge in [-0.05, 0) is 117 Å². The predicted molar refractivity (Wildman–Crippen MR) is 131 cm³/mol. The largest absolute Gasteiger partial charge is 0.389 e. The second-order valence-electron chi connectivity index (χ2n) is 11.9. The van der Waals surface area contributed by atoms with Gasteiger partial charge in [0.25, 0.3) is 0 Å². The van der Waals surface area contributed by atoms with E-state index in [1.54, 1.807) is 0 Å². The van der Waals surface area contributed by atoms with Gasteiger partial charge in [0, 0.05) is 16.5 Å². The molecule has 3 nitrogen and oxygen atoms in total. The molecule has 4 heteroatoms. The molecule has 0 amide bonds. The molecule has 0 aliphatic heterocycles. The SMILES string of the molecule is C[C@]12CC[C@](O)(C#Cc3ccc(Cl)cc3)C[C@@H]1CC[C@@H]1[C@@H]2CC[C@]2(C)[C@@H](C(=O)CO)CC[C@@H]12. The number of halogens is 1. The van der Waals surface area contributed by atoms with Gasteiger partial charge in [-0.3, -0.25) is 4.79 Å². The normalized spacial score (nSPS) is 44.1. The van der Waals surface area contributed by atoms with Gasteiger partial charge in [-0.15, -0.1) is 0 Å². The average molecular weight is 469 g/mol. The first-order valence-corrected chi connectivity index (χ1v) is 13.2. The molecule has 0 radical (unpaired) electrons. The molecule has 0 spiro atoms. The van der Waals surface area contributed by atoms with E-state index in [0.717, 1.165) is 50.5 Å². The summed E-state index contributed by atoms with van der Waals surface area (Å²) in [6.07, 6.45) is 9.22. The van der Waals surface area contributed by atoms with Crippen molar-refractivity contribution in [1.29, 1.82) is 0 Å². The van der Waals surface area contributed by atoms with Crippen molar-refractivity contribution in [3.63, 3.8) is 0 Å². The number of carbonyl (C=O) groups is 1. The zero-order valence-corrected chi connectivity index (χ0v) is 20.7. The number of aliphatic hydroxyl groups is 2. The van der Waals surface area contributed by atoms with Crippen LogP contribution < -0.4 is 0 Å². The molecule has 178 valence electrons. The van der Waals surface area contributed by atoms with E-state index >= 15 is 0 Å². The van der Waals surface area contributed by atoms with Gasteiger partial charge in [-0.25, -0.2) is 0 Å². The fraction of sp³-hybridized carbons (Fsp3) is 0.690. The van der Waals surface area contributed by atoms with Gasteiger partial charge in [0.05, 0.1) is 0 Å². The predicted octanol–water partition coefficient (Wildman–Crippen LogP) is 5.64. The van der Waals surface area contributed by atoms with Crippen LogP contribution in [0.4, 0.5) is 0 Å². The Morgan fingerprint density at radius 3 is 2.45 bits per heavy atom. The van der Waals surface area contributed by atoms with E-state index in [4.69, 9.17) is 11.6 Å². The van der Waals surface area contributed by atoms with E-state index in [-0.39, 0.29) is 29.1 Å². The first-order valence-electron chi connectivity index (χ1n) is 12.8. The van der Waals surface area contributed by atoms with E-state index < -0.39 is 5.60 Å². The second-order valence-corrected chi connectivity index (χ2v) is 12.4. The maximum Gasteiger partial charge on any atom is 0.161 e. The molecule has 4 aliphatic rings. The molecule has 0 aromatic heterocycles. The van der Waals surface area contributed by atoms with Crippen LogP contribution in [-0.2, 0) is 4.79 Å². The van der Waals surface area contributed by atoms with Crippen molar-refractivity contribution < 1.29 is 15.0 Å². The summed E-state index contributed by atoms with van der Waals surface area (Å²) < 4.78 is 0. The summed E-state index contributed by atoms with van der Waals surface area (Å²) in [5.41, 5.74) is 0.289. The van der Waals surface area contributed by atoms with Crippen molar-refractivity contribution in [2.75, 3.05) is 6.61 Å². The average Bonchev–Trinajstić information content (AvgIpc) is 3.16. The van der Waals surface area contributed by atoms with Gasteiger partial charge in [0.15, 0.2) is 5.78 Å². The highest BCUT2D eigenvalue weighted by Crippen LogP contribution is 2.68. The van der Waals surface area contributed by atoms with Gasteiger partial charge < -0.3 is 10.2 Å². The maximum atomic E-state index is 12.5. The minimum absolute atomic E-state index is 0.0403. The Morgan fingerprint density at radius 2 is 1.73 bits per heavy atom. The Balaban J connectivity index is 1.33. The van der Waals surface area contributed by atoms with E-state index in [9.17, 15) is 15.0 Å². The third kappa shape index (κ3) is 3.87. The zero-order chi connectivity index (χ0) is 23.4. The topological polar surface area (TPSA) is 57.5 Å². The van der Waals surface area contributed by atoms with Crippen LogP contribution in [0.5, 0.6) is 0 Å². The molecule has 0 saturated heterocycles. The van der Waals surface area contributed by atoms with Gasteiger partial charge in [0.2, 0.25) is 0 Å². The van der Waals surface area contributed by atoms with Crippen molar-refractivity contribution >= 4 is 17.4 Å². The fourth-order valence-electron chi connectivity index (χ4n) is 8.72. The van der Waals surface area contributed by atoms with Gasteiger partial charge in [-0.2, -0.15) is 0 Å². The molecule has 5 rings (SSSR count). The standard InChI is InChI=1S/C29H37ClO3/c1-27-15-16-29(33,14-11-19-3-6-21(30)7-4-19)17-20(27)5-8-22-23-9-10-25(26(32)18-31)28(23,2)13-12-24(22)27/h3-4,6-7,20,22-25,31,33H,5,8-10,12-13,15-18H2,1-2H3/t20-,22-,23-,24-,25+,27-,28-,29+/m0/s1. The summed E-state index contributed by atoms with van der Waals surface area (Å²) in [7, 11) is 0. The number of hydrogen-bond donors (Lipinski definition) is 2. The van der Waals surface area contributed by atoms with Crippen molar-refractivity contribution in [3.8, 4) is 11.8 Å². The number of ketones is 1. The highest BCUT2D eigenvalue weighted by molar-refractivity contribution is 6.30. The first-order chi connectivity index (χ1) is 15.7. The molecule has 2 N–H and O–H groups in total. The summed E-state index contributed by atoms with van der Waals surface area (Å²) in [5, 5.41) is 21.6. The van der Waals surface area contributed by atoms with E-state index in [2.05, 4.69) is 25.7 Å². The van der Waals surface area contributed by atoms with Crippen molar-refractivity contribution in [2.24, 2.45) is 40.4 Å². The minimum atomic E-state index is -0.911. The highest BCUT2D eigenvalue weighted by Gasteiger charge is 2.61. The fourth-order valence-corrected chi connectivity index (χ4v) is 8.85. The Bertz CT molecular complexity index is 977. The summed E-state index contributed by atoms with van der Waals surface area (Å²) in [6, 6.07) is 7.50. The van der Waals surface area contributed by atoms with Crippen molar-refractivity contribution in [1.82, 2.24) is 0 Å². The number of benzene rings is 1. The highest BCUT2D eigenvalue weighted by atomic mass is 35.5. The summed E-state index contributed by atoms with van der Waals surface area (Å²) in [5.74, 6) is 8.95. The van der Waals surface area contributed by atoms with Crippen LogP contribution >= 0.6 is 11.6 Å².